The highest BCUT2D eigenvalue weighted by Gasteiger charge is 2.37. The summed E-state index contributed by atoms with van der Waals surface area (Å²) in [6, 6.07) is 4.99. The Kier molecular flexibility index (Phi) is 8.62. The molecule has 0 radical (unpaired) electrons. The fourth-order valence-electron chi connectivity index (χ4n) is 6.08. The number of nitrogens with one attached hydrogen (secondary N) is 4. The first-order chi connectivity index (χ1) is 21.0. The van der Waals surface area contributed by atoms with Gasteiger partial charge < -0.3 is 36.7 Å². The number of nitrogens with two attached hydrogens (primary N) is 1. The van der Waals surface area contributed by atoms with E-state index in [1.165, 1.54) is 6.08 Å². The van der Waals surface area contributed by atoms with Crippen LogP contribution < -0.4 is 16.4 Å². The summed E-state index contributed by atoms with van der Waals surface area (Å²) in [7, 11) is 0. The Morgan fingerprint density at radius 3 is 2.68 bits per heavy atom. The lowest BCUT2D eigenvalue weighted by Crippen LogP contribution is -2.57. The average molecular weight is 619 g/mol. The van der Waals surface area contributed by atoms with Crippen molar-refractivity contribution in [1.82, 2.24) is 14.8 Å². The van der Waals surface area contributed by atoms with Crippen LogP contribution in [-0.2, 0) is 4.79 Å². The van der Waals surface area contributed by atoms with E-state index in [1.807, 2.05) is 11.8 Å². The van der Waals surface area contributed by atoms with Gasteiger partial charge in [-0.25, -0.2) is 4.39 Å². The lowest BCUT2D eigenvalue weighted by atomic mass is 9.90. The van der Waals surface area contributed by atoms with Gasteiger partial charge in [0.15, 0.2) is 5.82 Å². The molecule has 230 valence electrons. The first-order valence-electron chi connectivity index (χ1n) is 14.4. The SMILES string of the molecule is C=CC(=O)N1CCN2C(=N)c3c(c(F)c(-c4c(C)ccc(N)c4C=N)c(Cl)c3Nc3c(C)ccnc3C(C)O)NCCC2C1. The Balaban J connectivity index is 1.79. The zero-order chi connectivity index (χ0) is 31.9. The molecule has 0 bridgehead atoms. The molecule has 44 heavy (non-hydrogen) atoms. The predicted molar refractivity (Wildman–Crippen MR) is 174 cm³/mol. The summed E-state index contributed by atoms with van der Waals surface area (Å²) in [6.07, 6.45) is 3.57. The molecule has 1 fully saturated rings. The first kappa shape index (κ1) is 31.0. The molecule has 1 amide bonds. The number of anilines is 4. The van der Waals surface area contributed by atoms with E-state index in [-0.39, 0.29) is 45.3 Å². The van der Waals surface area contributed by atoms with Crippen LogP contribution >= 0.6 is 11.6 Å². The normalized spacial score (nSPS) is 17.0. The van der Waals surface area contributed by atoms with E-state index >= 15 is 4.39 Å². The number of amides is 1. The second-order valence-electron chi connectivity index (χ2n) is 11.1. The number of fused-ring (bicyclic) bond motifs is 2. The van der Waals surface area contributed by atoms with Gasteiger partial charge in [-0.3, -0.25) is 15.2 Å². The summed E-state index contributed by atoms with van der Waals surface area (Å²) in [5.74, 6) is -0.811. The molecular weight excluding hydrogens is 583 g/mol. The number of aromatic nitrogens is 1. The maximum Gasteiger partial charge on any atom is 0.246 e. The maximum absolute atomic E-state index is 16.9. The third kappa shape index (κ3) is 5.26. The van der Waals surface area contributed by atoms with E-state index in [2.05, 4.69) is 22.2 Å². The van der Waals surface area contributed by atoms with Gasteiger partial charge in [0.05, 0.1) is 39.4 Å². The lowest BCUT2D eigenvalue weighted by molar-refractivity contribution is -0.128. The molecule has 0 spiro atoms. The minimum atomic E-state index is -0.934. The lowest BCUT2D eigenvalue weighted by Gasteiger charge is -2.44. The van der Waals surface area contributed by atoms with Gasteiger partial charge in [-0.05, 0) is 62.1 Å². The number of amidine groups is 1. The Morgan fingerprint density at radius 1 is 1.25 bits per heavy atom. The first-order valence-corrected chi connectivity index (χ1v) is 14.7. The Morgan fingerprint density at radius 2 is 2.00 bits per heavy atom. The molecule has 10 nitrogen and oxygen atoms in total. The van der Waals surface area contributed by atoms with Crippen LogP contribution in [0, 0.1) is 30.5 Å². The molecule has 1 aromatic heterocycles. The zero-order valence-electron chi connectivity index (χ0n) is 24.9. The number of nitrogens with zero attached hydrogens (tertiary/aromatic N) is 3. The Labute approximate surface area is 260 Å². The number of rotatable bonds is 6. The van der Waals surface area contributed by atoms with Gasteiger partial charge >= 0.3 is 0 Å². The highest BCUT2D eigenvalue weighted by molar-refractivity contribution is 6.38. The number of piperazine rings is 1. The largest absolute Gasteiger partial charge is 0.398 e. The number of nitrogen functional groups attached to an aromatic ring is 1. The fraction of sp³-hybridized carbons (Fsp3) is 0.312. The summed E-state index contributed by atoms with van der Waals surface area (Å²) < 4.78 is 16.9. The number of pyridine rings is 1. The van der Waals surface area contributed by atoms with E-state index in [9.17, 15) is 15.3 Å². The van der Waals surface area contributed by atoms with Gasteiger partial charge in [0.1, 0.15) is 5.84 Å². The summed E-state index contributed by atoms with van der Waals surface area (Å²) in [6.45, 7) is 10.3. The van der Waals surface area contributed by atoms with Crippen molar-refractivity contribution in [3.8, 4) is 11.1 Å². The molecule has 2 aliphatic heterocycles. The van der Waals surface area contributed by atoms with Crippen LogP contribution in [0.25, 0.3) is 11.1 Å². The van der Waals surface area contributed by atoms with E-state index in [4.69, 9.17) is 22.7 Å². The monoisotopic (exact) mass is 618 g/mol. The molecule has 5 rings (SSSR count). The minimum absolute atomic E-state index is 0.0120. The van der Waals surface area contributed by atoms with Crippen molar-refractivity contribution < 1.29 is 14.3 Å². The molecule has 0 aliphatic carbocycles. The fourth-order valence-corrected chi connectivity index (χ4v) is 6.40. The summed E-state index contributed by atoms with van der Waals surface area (Å²) in [4.78, 5) is 20.4. The number of hydrogen-bond acceptors (Lipinski definition) is 8. The smallest absolute Gasteiger partial charge is 0.246 e. The van der Waals surface area contributed by atoms with Crippen molar-refractivity contribution in [2.24, 2.45) is 0 Å². The highest BCUT2D eigenvalue weighted by atomic mass is 35.5. The summed E-state index contributed by atoms with van der Waals surface area (Å²) in [5.41, 5.74) is 10.1. The topological polar surface area (TPSA) is 154 Å². The number of halogens is 2. The van der Waals surface area contributed by atoms with Gasteiger partial charge in [0.2, 0.25) is 5.91 Å². The number of aryl methyl sites for hydroxylation is 2. The van der Waals surface area contributed by atoms with Crippen LogP contribution in [0.3, 0.4) is 0 Å². The van der Waals surface area contributed by atoms with Gasteiger partial charge in [-0.1, -0.05) is 24.2 Å². The third-order valence-corrected chi connectivity index (χ3v) is 8.74. The van der Waals surface area contributed by atoms with Gasteiger partial charge in [-0.15, -0.1) is 0 Å². The van der Waals surface area contributed by atoms with Crippen molar-refractivity contribution in [3.63, 3.8) is 0 Å². The van der Waals surface area contributed by atoms with Crippen molar-refractivity contribution in [3.05, 3.63) is 75.8 Å². The van der Waals surface area contributed by atoms with Crippen LogP contribution in [-0.4, -0.2) is 70.1 Å². The summed E-state index contributed by atoms with van der Waals surface area (Å²) in [5, 5.41) is 34.7. The average Bonchev–Trinajstić information content (AvgIpc) is 3.00. The quantitative estimate of drug-likeness (QED) is 0.123. The Bertz CT molecular complexity index is 1690. The van der Waals surface area contributed by atoms with Crippen LogP contribution in [0.4, 0.5) is 27.1 Å². The number of carbonyl (C=O) groups is 1. The van der Waals surface area contributed by atoms with E-state index in [0.717, 1.165) is 11.8 Å². The van der Waals surface area contributed by atoms with Crippen molar-refractivity contribution in [2.45, 2.75) is 39.3 Å². The number of carbonyl (C=O) groups excluding carboxylic acids is 1. The van der Waals surface area contributed by atoms with E-state index in [0.29, 0.717) is 66.4 Å². The molecule has 3 aromatic rings. The Hall–Kier alpha value is -4.48. The van der Waals surface area contributed by atoms with Gasteiger partial charge in [0, 0.05) is 61.4 Å². The minimum Gasteiger partial charge on any atom is -0.398 e. The van der Waals surface area contributed by atoms with Crippen molar-refractivity contribution >= 4 is 52.3 Å². The summed E-state index contributed by atoms with van der Waals surface area (Å²) >= 11 is 7.18. The van der Waals surface area contributed by atoms with Crippen LogP contribution in [0.15, 0.2) is 37.1 Å². The van der Waals surface area contributed by atoms with E-state index < -0.39 is 11.9 Å². The maximum atomic E-state index is 16.9. The molecule has 7 N–H and O–H groups in total. The van der Waals surface area contributed by atoms with E-state index in [1.54, 1.807) is 43.1 Å². The van der Waals surface area contributed by atoms with Crippen LogP contribution in [0.1, 0.15) is 47.4 Å². The second-order valence-corrected chi connectivity index (χ2v) is 11.5. The predicted octanol–water partition coefficient (Wildman–Crippen LogP) is 5.37. The molecule has 0 saturated carbocycles. The molecule has 3 heterocycles. The molecular formula is C32H36ClFN8O2. The third-order valence-electron chi connectivity index (χ3n) is 8.37. The molecule has 2 aromatic carbocycles. The second kappa shape index (κ2) is 12.3. The molecule has 2 atom stereocenters. The highest BCUT2D eigenvalue weighted by Crippen LogP contribution is 2.48. The van der Waals surface area contributed by atoms with Gasteiger partial charge in [-0.2, -0.15) is 0 Å². The molecule has 2 aliphatic rings. The zero-order valence-corrected chi connectivity index (χ0v) is 25.6. The van der Waals surface area contributed by atoms with Crippen LogP contribution in [0.2, 0.25) is 5.02 Å². The van der Waals surface area contributed by atoms with Gasteiger partial charge in [0.25, 0.3) is 0 Å². The number of aliphatic hydroxyl groups is 1. The number of hydrogen-bond donors (Lipinski definition) is 6. The number of benzene rings is 2. The van der Waals surface area contributed by atoms with Crippen molar-refractivity contribution in [1.29, 1.82) is 10.8 Å². The molecule has 12 heteroatoms. The number of aliphatic hydroxyl groups excluding tert-OH is 1. The van der Waals surface area contributed by atoms with Crippen molar-refractivity contribution in [2.75, 3.05) is 42.5 Å². The molecule has 2 unspecified atom stereocenters. The standard InChI is InChI=1S/C32H36ClFN8O2/c1-5-22(44)41-12-13-42-19(15-41)9-11-39-31-25(32(42)37)30(40-28-17(3)8-10-38-29(28)18(4)43)26(33)24(27(31)34)23-16(2)6-7-21(36)20(23)14-35/h5-8,10,14,18-19,35,37,39-40,43H,1,9,11-13,15,36H2,2-4H3. The van der Waals surface area contributed by atoms with Crippen LogP contribution in [0.5, 0.6) is 0 Å². The molecule has 1 saturated heterocycles.